The van der Waals surface area contributed by atoms with Crippen molar-refractivity contribution in [3.05, 3.63) is 66.1 Å². The molecule has 1 atom stereocenters. The summed E-state index contributed by atoms with van der Waals surface area (Å²) in [6.07, 6.45) is 9.12. The summed E-state index contributed by atoms with van der Waals surface area (Å²) >= 11 is 6.93. The van der Waals surface area contributed by atoms with Gasteiger partial charge in [0.15, 0.2) is 0 Å². The number of aromatic nitrogens is 4. The van der Waals surface area contributed by atoms with Gasteiger partial charge in [0.2, 0.25) is 11.9 Å². The first-order valence-corrected chi connectivity index (χ1v) is 13.0. The summed E-state index contributed by atoms with van der Waals surface area (Å²) < 4.78 is 15.1. The number of imidazole rings is 2. The molecule has 0 saturated carbocycles. The van der Waals surface area contributed by atoms with Gasteiger partial charge in [-0.2, -0.15) is 0 Å². The van der Waals surface area contributed by atoms with Crippen LogP contribution >= 0.6 is 11.6 Å². The van der Waals surface area contributed by atoms with Crippen LogP contribution in [0.4, 0.5) is 5.95 Å². The van der Waals surface area contributed by atoms with Crippen LogP contribution in [-0.4, -0.2) is 68.1 Å². The number of rotatable bonds is 6. The number of halogens is 1. The number of carbonyl (C=O) groups excluding carboxylic acids is 2. The van der Waals surface area contributed by atoms with Gasteiger partial charge in [-0.25, -0.2) is 9.97 Å². The van der Waals surface area contributed by atoms with Crippen molar-refractivity contribution in [2.24, 2.45) is 0 Å². The molecule has 2 saturated heterocycles. The predicted octanol–water partition coefficient (Wildman–Crippen LogP) is 4.11. The smallest absolute Gasteiger partial charge is 0.258 e. The van der Waals surface area contributed by atoms with E-state index >= 15 is 0 Å². The molecule has 2 aliphatic heterocycles. The number of nitrogens with zero attached hydrogens (tertiary/aromatic N) is 5. The van der Waals surface area contributed by atoms with E-state index in [9.17, 15) is 9.59 Å². The van der Waals surface area contributed by atoms with Crippen molar-refractivity contribution in [1.29, 1.82) is 0 Å². The molecule has 4 aromatic rings. The average molecular weight is 535 g/mol. The number of carbonyl (C=O) groups is 2. The van der Waals surface area contributed by atoms with Gasteiger partial charge in [-0.1, -0.05) is 18.2 Å². The Bertz CT molecular complexity index is 1540. The van der Waals surface area contributed by atoms with Gasteiger partial charge in [-0.3, -0.25) is 14.9 Å². The van der Waals surface area contributed by atoms with Crippen LogP contribution in [0.1, 0.15) is 35.7 Å². The van der Waals surface area contributed by atoms with Crippen LogP contribution in [0.15, 0.2) is 55.5 Å². The van der Waals surface area contributed by atoms with E-state index in [2.05, 4.69) is 16.9 Å². The number of nitrogens with one attached hydrogen (secondary N) is 1. The number of likely N-dealkylation sites (tertiary alicyclic amines) is 1. The molecule has 11 heteroatoms. The number of fused-ring (bicyclic) bond motifs is 2. The molecule has 10 nitrogen and oxygen atoms in total. The van der Waals surface area contributed by atoms with Crippen molar-refractivity contribution in [3.8, 4) is 5.75 Å². The zero-order valence-electron chi connectivity index (χ0n) is 20.7. The van der Waals surface area contributed by atoms with Crippen molar-refractivity contribution in [2.45, 2.75) is 31.4 Å². The van der Waals surface area contributed by atoms with E-state index < -0.39 is 0 Å². The number of anilines is 1. The quantitative estimate of drug-likeness (QED) is 0.373. The van der Waals surface area contributed by atoms with Crippen LogP contribution in [0, 0.1) is 0 Å². The monoisotopic (exact) mass is 534 g/mol. The van der Waals surface area contributed by atoms with Crippen LogP contribution in [0.5, 0.6) is 5.75 Å². The summed E-state index contributed by atoms with van der Waals surface area (Å²) in [6.45, 7) is 5.76. The Balaban J connectivity index is 1.42. The summed E-state index contributed by atoms with van der Waals surface area (Å²) in [5.41, 5.74) is 2.39. The van der Waals surface area contributed by atoms with Gasteiger partial charge in [0.05, 0.1) is 30.3 Å². The van der Waals surface area contributed by atoms with Crippen molar-refractivity contribution in [3.63, 3.8) is 0 Å². The molecule has 0 aliphatic carbocycles. The van der Waals surface area contributed by atoms with Gasteiger partial charge in [0, 0.05) is 37.2 Å². The zero-order chi connectivity index (χ0) is 26.2. The average Bonchev–Trinajstić information content (AvgIpc) is 3.43. The standard InChI is InChI=1S/C27H27ClN6O4/c1-2-23(35)33-10-4-3-5-18(14-33)34-25-20(6-7-21(24(25)28)38-19-15-37-16-19)30-27(34)31-26(36)17-8-11-32-12-9-29-22(32)13-17/h2,6-9,11-13,18-19H,1,3-5,10,14-16H2,(H,30,31,36). The highest BCUT2D eigenvalue weighted by Crippen LogP contribution is 2.39. The molecule has 0 bridgehead atoms. The highest BCUT2D eigenvalue weighted by atomic mass is 35.5. The van der Waals surface area contributed by atoms with E-state index in [1.54, 1.807) is 35.5 Å². The third-order valence-electron chi connectivity index (χ3n) is 7.04. The van der Waals surface area contributed by atoms with E-state index in [4.69, 9.17) is 26.1 Å². The van der Waals surface area contributed by atoms with Gasteiger partial charge in [-0.15, -0.1) is 0 Å². The number of amides is 2. The summed E-state index contributed by atoms with van der Waals surface area (Å²) in [6, 6.07) is 6.91. The normalized spacial score (nSPS) is 18.2. The highest BCUT2D eigenvalue weighted by Gasteiger charge is 2.29. The van der Waals surface area contributed by atoms with E-state index in [1.165, 1.54) is 6.08 Å². The molecule has 1 aromatic carbocycles. The molecule has 0 radical (unpaired) electrons. The Hall–Kier alpha value is -3.89. The number of benzene rings is 1. The van der Waals surface area contributed by atoms with E-state index in [-0.39, 0.29) is 24.0 Å². The summed E-state index contributed by atoms with van der Waals surface area (Å²) in [7, 11) is 0. The lowest BCUT2D eigenvalue weighted by molar-refractivity contribution is -0.126. The number of pyridine rings is 1. The SMILES string of the molecule is C=CC(=O)N1CCCCC(n2c(NC(=O)c3ccn4ccnc4c3)nc3ccc(OC4COC4)c(Cl)c32)C1. The number of hydrogen-bond acceptors (Lipinski definition) is 6. The van der Waals surface area contributed by atoms with Gasteiger partial charge >= 0.3 is 0 Å². The summed E-state index contributed by atoms with van der Waals surface area (Å²) in [5, 5.41) is 3.40. The Morgan fingerprint density at radius 3 is 2.87 bits per heavy atom. The molecule has 38 heavy (non-hydrogen) atoms. The molecule has 2 fully saturated rings. The molecule has 2 aliphatic rings. The first kappa shape index (κ1) is 24.4. The van der Waals surface area contributed by atoms with Crippen LogP contribution in [0.3, 0.4) is 0 Å². The highest BCUT2D eigenvalue weighted by molar-refractivity contribution is 6.36. The zero-order valence-corrected chi connectivity index (χ0v) is 21.4. The second-order valence-electron chi connectivity index (χ2n) is 9.53. The maximum atomic E-state index is 13.4. The lowest BCUT2D eigenvalue weighted by Crippen LogP contribution is -2.38. The van der Waals surface area contributed by atoms with Gasteiger partial charge in [0.1, 0.15) is 22.5 Å². The van der Waals surface area contributed by atoms with Crippen LogP contribution < -0.4 is 10.1 Å². The fourth-order valence-electron chi connectivity index (χ4n) is 5.01. The van der Waals surface area contributed by atoms with E-state index in [1.807, 2.05) is 21.2 Å². The van der Waals surface area contributed by atoms with E-state index in [0.29, 0.717) is 65.3 Å². The molecular weight excluding hydrogens is 508 g/mol. The van der Waals surface area contributed by atoms with Gasteiger partial charge < -0.3 is 23.3 Å². The summed E-state index contributed by atoms with van der Waals surface area (Å²) in [5.74, 6) is 0.444. The van der Waals surface area contributed by atoms with E-state index in [0.717, 1.165) is 19.3 Å². The Labute approximate surface area is 223 Å². The molecule has 3 aromatic heterocycles. The molecule has 1 unspecified atom stereocenters. The Morgan fingerprint density at radius 2 is 2.08 bits per heavy atom. The molecule has 5 heterocycles. The third-order valence-corrected chi connectivity index (χ3v) is 7.40. The van der Waals surface area contributed by atoms with Crippen LogP contribution in [0.25, 0.3) is 16.7 Å². The van der Waals surface area contributed by atoms with Crippen LogP contribution in [-0.2, 0) is 9.53 Å². The second kappa shape index (κ2) is 10.1. The molecule has 0 spiro atoms. The molecule has 196 valence electrons. The molecular formula is C27H27ClN6O4. The molecule has 1 N–H and O–H groups in total. The van der Waals surface area contributed by atoms with Crippen molar-refractivity contribution in [1.82, 2.24) is 23.8 Å². The molecule has 2 amide bonds. The molecule has 6 rings (SSSR count). The first-order valence-electron chi connectivity index (χ1n) is 12.6. The first-order chi connectivity index (χ1) is 18.5. The van der Waals surface area contributed by atoms with Gasteiger partial charge in [-0.05, 0) is 49.6 Å². The lowest BCUT2D eigenvalue weighted by Gasteiger charge is -2.28. The predicted molar refractivity (Wildman–Crippen MR) is 143 cm³/mol. The van der Waals surface area contributed by atoms with Crippen molar-refractivity contribution < 1.29 is 19.1 Å². The van der Waals surface area contributed by atoms with Crippen LogP contribution in [0.2, 0.25) is 5.02 Å². The number of ether oxygens (including phenoxy) is 2. The van der Waals surface area contributed by atoms with Crippen molar-refractivity contribution in [2.75, 3.05) is 31.6 Å². The third kappa shape index (κ3) is 4.50. The summed E-state index contributed by atoms with van der Waals surface area (Å²) in [4.78, 5) is 36.8. The number of hydrogen-bond donors (Lipinski definition) is 1. The minimum absolute atomic E-state index is 0.0586. The maximum absolute atomic E-state index is 13.4. The van der Waals surface area contributed by atoms with Gasteiger partial charge in [0.25, 0.3) is 5.91 Å². The Kier molecular flexibility index (Phi) is 6.50. The fourth-order valence-corrected chi connectivity index (χ4v) is 5.31. The Morgan fingerprint density at radius 1 is 1.21 bits per heavy atom. The van der Waals surface area contributed by atoms with Crippen molar-refractivity contribution >= 4 is 46.0 Å². The minimum Gasteiger partial charge on any atom is -0.484 e. The largest absolute Gasteiger partial charge is 0.484 e. The minimum atomic E-state index is -0.320. The lowest BCUT2D eigenvalue weighted by atomic mass is 10.1. The topological polar surface area (TPSA) is 103 Å². The maximum Gasteiger partial charge on any atom is 0.258 e. The fraction of sp³-hybridized carbons (Fsp3) is 0.333. The second-order valence-corrected chi connectivity index (χ2v) is 9.91.